The molecular formula is C12H10F2N4S. The number of thiazole rings is 1. The maximum atomic E-state index is 13.9. The Morgan fingerprint density at radius 3 is 2.84 bits per heavy atom. The van der Waals surface area contributed by atoms with Gasteiger partial charge in [0.25, 0.3) is 0 Å². The molecule has 7 heteroatoms. The Balaban J connectivity index is 2.17. The lowest BCUT2D eigenvalue weighted by molar-refractivity contribution is 0.512. The second-order valence-electron chi connectivity index (χ2n) is 4.13. The number of imidazole rings is 1. The lowest BCUT2D eigenvalue weighted by atomic mass is 10.3. The number of fused-ring (bicyclic) bond motifs is 1. The standard InChI is InChI=1S/C12H10F2N4S/c1-6-16-4-7(19-6)5-18-11-9(17-12(18)15)3-2-8(13)10(11)14/h2-4H,5H2,1H3,(H2,15,17). The third-order valence-electron chi connectivity index (χ3n) is 2.81. The molecule has 3 aromatic rings. The Morgan fingerprint density at radius 2 is 2.16 bits per heavy atom. The van der Waals surface area contributed by atoms with E-state index in [0.29, 0.717) is 12.1 Å². The summed E-state index contributed by atoms with van der Waals surface area (Å²) in [4.78, 5) is 9.07. The van der Waals surface area contributed by atoms with Crippen molar-refractivity contribution < 1.29 is 8.78 Å². The molecule has 1 aromatic carbocycles. The predicted molar refractivity (Wildman–Crippen MR) is 70.0 cm³/mol. The molecule has 0 unspecified atom stereocenters. The summed E-state index contributed by atoms with van der Waals surface area (Å²) in [5.41, 5.74) is 6.21. The summed E-state index contributed by atoms with van der Waals surface area (Å²) in [5, 5.41) is 0.907. The molecular weight excluding hydrogens is 270 g/mol. The van der Waals surface area contributed by atoms with Crippen molar-refractivity contribution in [3.8, 4) is 0 Å². The topological polar surface area (TPSA) is 56.7 Å². The zero-order valence-corrected chi connectivity index (χ0v) is 10.8. The smallest absolute Gasteiger partial charge is 0.201 e. The SMILES string of the molecule is Cc1ncc(Cn2c(N)nc3ccc(F)c(F)c32)s1. The van der Waals surface area contributed by atoms with Crippen molar-refractivity contribution in [3.63, 3.8) is 0 Å². The number of nitrogens with two attached hydrogens (primary N) is 1. The van der Waals surface area contributed by atoms with Gasteiger partial charge in [-0.25, -0.2) is 18.7 Å². The molecule has 2 aromatic heterocycles. The summed E-state index contributed by atoms with van der Waals surface area (Å²) >= 11 is 1.48. The van der Waals surface area contributed by atoms with E-state index in [1.165, 1.54) is 22.0 Å². The van der Waals surface area contributed by atoms with Crippen LogP contribution >= 0.6 is 11.3 Å². The number of nitrogens with zero attached hydrogens (tertiary/aromatic N) is 3. The average molecular weight is 280 g/mol. The highest BCUT2D eigenvalue weighted by Crippen LogP contribution is 2.25. The predicted octanol–water partition coefficient (Wildman–Crippen LogP) is 2.71. The molecule has 0 aliphatic carbocycles. The summed E-state index contributed by atoms with van der Waals surface area (Å²) < 4.78 is 28.6. The van der Waals surface area contributed by atoms with Gasteiger partial charge in [0.1, 0.15) is 5.52 Å². The summed E-state index contributed by atoms with van der Waals surface area (Å²) in [7, 11) is 0. The van der Waals surface area contributed by atoms with E-state index in [4.69, 9.17) is 5.73 Å². The Bertz CT molecular complexity index is 763. The van der Waals surface area contributed by atoms with E-state index < -0.39 is 11.6 Å². The maximum Gasteiger partial charge on any atom is 0.201 e. The Kier molecular flexibility index (Phi) is 2.70. The van der Waals surface area contributed by atoms with Crippen LogP contribution in [0.5, 0.6) is 0 Å². The molecule has 0 amide bonds. The van der Waals surface area contributed by atoms with Gasteiger partial charge in [-0.2, -0.15) is 0 Å². The van der Waals surface area contributed by atoms with Crippen molar-refractivity contribution in [2.75, 3.05) is 5.73 Å². The van der Waals surface area contributed by atoms with Crippen LogP contribution in [0.25, 0.3) is 11.0 Å². The molecule has 4 nitrogen and oxygen atoms in total. The molecule has 0 aliphatic heterocycles. The van der Waals surface area contributed by atoms with Gasteiger partial charge in [-0.05, 0) is 19.1 Å². The normalized spacial score (nSPS) is 11.3. The molecule has 0 atom stereocenters. The average Bonchev–Trinajstić information content (AvgIpc) is 2.90. The van der Waals surface area contributed by atoms with Crippen molar-refractivity contribution in [3.05, 3.63) is 39.8 Å². The third-order valence-corrected chi connectivity index (χ3v) is 3.71. The van der Waals surface area contributed by atoms with Crippen LogP contribution in [0, 0.1) is 18.6 Å². The second kappa shape index (κ2) is 4.27. The van der Waals surface area contributed by atoms with E-state index in [1.807, 2.05) is 6.92 Å². The van der Waals surface area contributed by atoms with E-state index in [2.05, 4.69) is 9.97 Å². The number of hydrogen-bond acceptors (Lipinski definition) is 4. The molecule has 0 bridgehead atoms. The highest BCUT2D eigenvalue weighted by atomic mass is 32.1. The molecule has 0 aliphatic rings. The zero-order valence-electron chi connectivity index (χ0n) is 10.0. The number of benzene rings is 1. The van der Waals surface area contributed by atoms with E-state index in [0.717, 1.165) is 16.0 Å². The number of rotatable bonds is 2. The van der Waals surface area contributed by atoms with Crippen LogP contribution in [-0.2, 0) is 6.54 Å². The van der Waals surface area contributed by atoms with Crippen LogP contribution in [0.2, 0.25) is 0 Å². The monoisotopic (exact) mass is 280 g/mol. The first-order valence-corrected chi connectivity index (χ1v) is 6.39. The minimum atomic E-state index is -0.928. The van der Waals surface area contributed by atoms with Crippen LogP contribution in [0.4, 0.5) is 14.7 Å². The Labute approximate surface area is 111 Å². The van der Waals surface area contributed by atoms with E-state index in [9.17, 15) is 8.78 Å². The summed E-state index contributed by atoms with van der Waals surface area (Å²) in [5.74, 6) is -1.68. The Hall–Kier alpha value is -2.02. The highest BCUT2D eigenvalue weighted by Gasteiger charge is 2.16. The first-order chi connectivity index (χ1) is 9.06. The van der Waals surface area contributed by atoms with Gasteiger partial charge < -0.3 is 10.3 Å². The fraction of sp³-hybridized carbons (Fsp3) is 0.167. The molecule has 0 saturated carbocycles. The molecule has 19 heavy (non-hydrogen) atoms. The van der Waals surface area contributed by atoms with Gasteiger partial charge in [-0.1, -0.05) is 0 Å². The number of aryl methyl sites for hydroxylation is 1. The summed E-state index contributed by atoms with van der Waals surface area (Å²) in [6, 6.07) is 2.46. The van der Waals surface area contributed by atoms with Gasteiger partial charge in [-0.15, -0.1) is 11.3 Å². The van der Waals surface area contributed by atoms with Crippen LogP contribution in [0.15, 0.2) is 18.3 Å². The van der Waals surface area contributed by atoms with Crippen molar-refractivity contribution >= 4 is 28.3 Å². The largest absolute Gasteiger partial charge is 0.369 e. The molecule has 0 radical (unpaired) electrons. The first kappa shape index (κ1) is 12.0. The molecule has 3 rings (SSSR count). The minimum Gasteiger partial charge on any atom is -0.369 e. The lowest BCUT2D eigenvalue weighted by Gasteiger charge is -2.05. The molecule has 0 fully saturated rings. The van der Waals surface area contributed by atoms with E-state index in [1.54, 1.807) is 6.20 Å². The van der Waals surface area contributed by atoms with Gasteiger partial charge in [0.2, 0.25) is 5.95 Å². The fourth-order valence-corrected chi connectivity index (χ4v) is 2.75. The summed E-state index contributed by atoms with van der Waals surface area (Å²) in [6.45, 7) is 2.21. The van der Waals surface area contributed by atoms with Gasteiger partial charge >= 0.3 is 0 Å². The Morgan fingerprint density at radius 1 is 1.37 bits per heavy atom. The van der Waals surface area contributed by atoms with Crippen molar-refractivity contribution in [2.45, 2.75) is 13.5 Å². The van der Waals surface area contributed by atoms with Crippen LogP contribution in [-0.4, -0.2) is 14.5 Å². The number of aromatic nitrogens is 3. The quantitative estimate of drug-likeness (QED) is 0.785. The first-order valence-electron chi connectivity index (χ1n) is 5.57. The van der Waals surface area contributed by atoms with Crippen LogP contribution in [0.3, 0.4) is 0 Å². The molecule has 0 spiro atoms. The van der Waals surface area contributed by atoms with E-state index in [-0.39, 0.29) is 11.5 Å². The molecule has 0 saturated heterocycles. The van der Waals surface area contributed by atoms with Gasteiger partial charge in [0, 0.05) is 11.1 Å². The van der Waals surface area contributed by atoms with Gasteiger partial charge in [0.15, 0.2) is 11.6 Å². The second-order valence-corrected chi connectivity index (χ2v) is 5.45. The number of halogens is 2. The number of hydrogen-bond donors (Lipinski definition) is 1. The van der Waals surface area contributed by atoms with Crippen molar-refractivity contribution in [2.24, 2.45) is 0 Å². The number of anilines is 1. The summed E-state index contributed by atoms with van der Waals surface area (Å²) in [6.07, 6.45) is 1.70. The maximum absolute atomic E-state index is 13.9. The third kappa shape index (κ3) is 1.95. The van der Waals surface area contributed by atoms with Crippen LogP contribution in [0.1, 0.15) is 9.88 Å². The zero-order chi connectivity index (χ0) is 13.6. The molecule has 98 valence electrons. The lowest BCUT2D eigenvalue weighted by Crippen LogP contribution is -2.04. The van der Waals surface area contributed by atoms with Crippen molar-refractivity contribution in [1.29, 1.82) is 0 Å². The van der Waals surface area contributed by atoms with Crippen molar-refractivity contribution in [1.82, 2.24) is 14.5 Å². The number of nitrogen functional groups attached to an aromatic ring is 1. The van der Waals surface area contributed by atoms with E-state index >= 15 is 0 Å². The fourth-order valence-electron chi connectivity index (χ4n) is 1.97. The molecule has 2 heterocycles. The van der Waals surface area contributed by atoms with Gasteiger partial charge in [-0.3, -0.25) is 0 Å². The van der Waals surface area contributed by atoms with Gasteiger partial charge in [0.05, 0.1) is 17.1 Å². The highest BCUT2D eigenvalue weighted by molar-refractivity contribution is 7.11. The minimum absolute atomic E-state index is 0.0866. The molecule has 2 N–H and O–H groups in total. The van der Waals surface area contributed by atoms with Crippen LogP contribution < -0.4 is 5.73 Å².